The van der Waals surface area contributed by atoms with Crippen molar-refractivity contribution in [2.75, 3.05) is 5.32 Å². The molecule has 0 radical (unpaired) electrons. The fourth-order valence-electron chi connectivity index (χ4n) is 3.41. The number of aryl methyl sites for hydroxylation is 4. The first-order chi connectivity index (χ1) is 14.4. The summed E-state index contributed by atoms with van der Waals surface area (Å²) in [6, 6.07) is 15.2. The van der Waals surface area contributed by atoms with Crippen LogP contribution in [0.1, 0.15) is 23.3 Å². The second kappa shape index (κ2) is 7.94. The molecule has 0 saturated heterocycles. The van der Waals surface area contributed by atoms with Crippen molar-refractivity contribution in [3.05, 3.63) is 75.8 Å². The van der Waals surface area contributed by atoms with Crippen LogP contribution in [0.25, 0.3) is 22.0 Å². The number of rotatable bonds is 5. The highest BCUT2D eigenvalue weighted by molar-refractivity contribution is 5.94. The molecule has 152 valence electrons. The maximum atomic E-state index is 13.0. The van der Waals surface area contributed by atoms with Crippen LogP contribution in [0.3, 0.4) is 0 Å². The number of hydrogen-bond acceptors (Lipinski definition) is 5. The Kier molecular flexibility index (Phi) is 5.18. The molecule has 1 amide bonds. The predicted molar refractivity (Wildman–Crippen MR) is 115 cm³/mol. The predicted octanol–water partition coefficient (Wildman–Crippen LogP) is 4.01. The summed E-state index contributed by atoms with van der Waals surface area (Å²) in [5.74, 6) is 0.696. The van der Waals surface area contributed by atoms with Gasteiger partial charge in [-0.2, -0.15) is 5.10 Å². The van der Waals surface area contributed by atoms with Crippen LogP contribution in [-0.2, 0) is 11.3 Å². The van der Waals surface area contributed by atoms with E-state index >= 15 is 0 Å². The normalized spacial score (nSPS) is 11.0. The van der Waals surface area contributed by atoms with Crippen LogP contribution < -0.4 is 10.9 Å². The van der Waals surface area contributed by atoms with E-state index in [0.29, 0.717) is 17.0 Å². The number of amides is 1. The van der Waals surface area contributed by atoms with Gasteiger partial charge >= 0.3 is 0 Å². The Labute approximate surface area is 173 Å². The van der Waals surface area contributed by atoms with Crippen molar-refractivity contribution >= 4 is 22.5 Å². The fraction of sp³-hybridized carbons (Fsp3) is 0.217. The van der Waals surface area contributed by atoms with Crippen LogP contribution in [0.5, 0.6) is 0 Å². The molecule has 2 aromatic heterocycles. The molecule has 2 heterocycles. The number of hydrogen-bond donors (Lipinski definition) is 1. The Morgan fingerprint density at radius 2 is 1.83 bits per heavy atom. The van der Waals surface area contributed by atoms with Crippen LogP contribution in [-0.4, -0.2) is 20.8 Å². The summed E-state index contributed by atoms with van der Waals surface area (Å²) in [7, 11) is 0. The molecule has 7 heteroatoms. The van der Waals surface area contributed by atoms with Crippen molar-refractivity contribution in [1.29, 1.82) is 0 Å². The minimum Gasteiger partial charge on any atom is -0.360 e. The van der Waals surface area contributed by atoms with Crippen LogP contribution in [0, 0.1) is 20.8 Å². The molecule has 0 aliphatic heterocycles. The highest BCUT2D eigenvalue weighted by Crippen LogP contribution is 2.28. The molecule has 2 aromatic carbocycles. The summed E-state index contributed by atoms with van der Waals surface area (Å²) in [6.45, 7) is 5.95. The minimum atomic E-state index is -0.265. The summed E-state index contributed by atoms with van der Waals surface area (Å²) in [4.78, 5) is 25.3. The number of fused-ring (bicyclic) bond motifs is 1. The molecule has 0 aliphatic rings. The van der Waals surface area contributed by atoms with Crippen LogP contribution >= 0.6 is 0 Å². The van der Waals surface area contributed by atoms with Gasteiger partial charge in [-0.1, -0.05) is 41.1 Å². The fourth-order valence-corrected chi connectivity index (χ4v) is 3.41. The number of benzene rings is 2. The summed E-state index contributed by atoms with van der Waals surface area (Å²) in [5.41, 5.74) is 3.68. The molecular formula is C23H22N4O3. The van der Waals surface area contributed by atoms with E-state index in [-0.39, 0.29) is 24.4 Å². The highest BCUT2D eigenvalue weighted by Gasteiger charge is 2.15. The Hall–Kier alpha value is -3.74. The van der Waals surface area contributed by atoms with E-state index in [1.165, 1.54) is 4.68 Å². The van der Waals surface area contributed by atoms with Crippen molar-refractivity contribution in [2.45, 2.75) is 33.7 Å². The molecular weight excluding hydrogens is 380 g/mol. The average molecular weight is 402 g/mol. The van der Waals surface area contributed by atoms with E-state index < -0.39 is 0 Å². The van der Waals surface area contributed by atoms with Crippen molar-refractivity contribution < 1.29 is 9.32 Å². The summed E-state index contributed by atoms with van der Waals surface area (Å²) in [6.07, 6.45) is 0.0867. The van der Waals surface area contributed by atoms with E-state index in [4.69, 9.17) is 4.52 Å². The third kappa shape index (κ3) is 3.87. The van der Waals surface area contributed by atoms with Gasteiger partial charge in [0.05, 0.1) is 17.6 Å². The third-order valence-corrected chi connectivity index (χ3v) is 4.96. The molecule has 0 unspecified atom stereocenters. The number of nitrogens with one attached hydrogen (secondary N) is 1. The Bertz CT molecular complexity index is 1300. The smallest absolute Gasteiger partial charge is 0.274 e. The Morgan fingerprint density at radius 3 is 2.57 bits per heavy atom. The van der Waals surface area contributed by atoms with E-state index in [1.54, 1.807) is 19.1 Å². The standard InChI is InChI=1S/C23H22N4O3/c1-14-8-9-15(2)19(12-14)22-17-6-4-5-7-18(17)23(29)27(25-22)11-10-21(28)24-20-13-16(3)30-26-20/h4-9,12-13H,10-11H2,1-3H3,(H,24,26,28). The van der Waals surface area contributed by atoms with Crippen LogP contribution in [0.15, 0.2) is 57.8 Å². The van der Waals surface area contributed by atoms with Gasteiger partial charge < -0.3 is 9.84 Å². The lowest BCUT2D eigenvalue weighted by Crippen LogP contribution is -2.26. The number of nitrogens with zero attached hydrogens (tertiary/aromatic N) is 3. The molecule has 0 spiro atoms. The van der Waals surface area contributed by atoms with Gasteiger partial charge in [0, 0.05) is 23.4 Å². The topological polar surface area (TPSA) is 90.0 Å². The van der Waals surface area contributed by atoms with E-state index in [9.17, 15) is 9.59 Å². The van der Waals surface area contributed by atoms with Gasteiger partial charge in [0.25, 0.3) is 5.56 Å². The monoisotopic (exact) mass is 402 g/mol. The van der Waals surface area contributed by atoms with Crippen molar-refractivity contribution in [2.24, 2.45) is 0 Å². The second-order valence-corrected chi connectivity index (χ2v) is 7.36. The Balaban J connectivity index is 1.70. The molecule has 30 heavy (non-hydrogen) atoms. The molecule has 0 atom stereocenters. The Morgan fingerprint density at radius 1 is 1.07 bits per heavy atom. The maximum Gasteiger partial charge on any atom is 0.274 e. The number of carbonyl (C=O) groups is 1. The van der Waals surface area contributed by atoms with Gasteiger partial charge in [0.15, 0.2) is 5.82 Å². The van der Waals surface area contributed by atoms with E-state index in [1.807, 2.05) is 44.2 Å². The third-order valence-electron chi connectivity index (χ3n) is 4.96. The van der Waals surface area contributed by atoms with Gasteiger partial charge in [0.2, 0.25) is 5.91 Å². The molecule has 4 rings (SSSR count). The largest absolute Gasteiger partial charge is 0.360 e. The zero-order valence-corrected chi connectivity index (χ0v) is 17.1. The molecule has 0 aliphatic carbocycles. The molecule has 0 saturated carbocycles. The van der Waals surface area contributed by atoms with E-state index in [2.05, 4.69) is 21.6 Å². The molecule has 0 bridgehead atoms. The lowest BCUT2D eigenvalue weighted by Gasteiger charge is -2.13. The first-order valence-electron chi connectivity index (χ1n) is 9.73. The zero-order valence-electron chi connectivity index (χ0n) is 17.1. The lowest BCUT2D eigenvalue weighted by molar-refractivity contribution is -0.116. The average Bonchev–Trinajstić information content (AvgIpc) is 3.14. The van der Waals surface area contributed by atoms with Crippen molar-refractivity contribution in [3.63, 3.8) is 0 Å². The zero-order chi connectivity index (χ0) is 21.3. The van der Waals surface area contributed by atoms with Crippen molar-refractivity contribution in [3.8, 4) is 11.3 Å². The summed E-state index contributed by atoms with van der Waals surface area (Å²) < 4.78 is 6.32. The SMILES string of the molecule is Cc1ccc(C)c(-c2nn(CCC(=O)Nc3cc(C)on3)c(=O)c3ccccc23)c1. The van der Waals surface area contributed by atoms with Gasteiger partial charge in [-0.3, -0.25) is 9.59 Å². The van der Waals surface area contributed by atoms with Crippen LogP contribution in [0.4, 0.5) is 5.82 Å². The number of carbonyl (C=O) groups excluding carboxylic acids is 1. The van der Waals surface area contributed by atoms with Gasteiger partial charge in [-0.05, 0) is 38.5 Å². The quantitative estimate of drug-likeness (QED) is 0.545. The van der Waals surface area contributed by atoms with Gasteiger partial charge in [0.1, 0.15) is 5.76 Å². The van der Waals surface area contributed by atoms with Crippen LogP contribution in [0.2, 0.25) is 0 Å². The van der Waals surface area contributed by atoms with E-state index in [0.717, 1.165) is 27.8 Å². The minimum absolute atomic E-state index is 0.0867. The van der Waals surface area contributed by atoms with Crippen molar-refractivity contribution in [1.82, 2.24) is 14.9 Å². The first-order valence-corrected chi connectivity index (χ1v) is 9.73. The molecule has 4 aromatic rings. The highest BCUT2D eigenvalue weighted by atomic mass is 16.5. The lowest BCUT2D eigenvalue weighted by atomic mass is 9.99. The second-order valence-electron chi connectivity index (χ2n) is 7.36. The number of anilines is 1. The number of aromatic nitrogens is 3. The van der Waals surface area contributed by atoms with Gasteiger partial charge in [-0.15, -0.1) is 0 Å². The first kappa shape index (κ1) is 19.6. The summed E-state index contributed by atoms with van der Waals surface area (Å²) >= 11 is 0. The maximum absolute atomic E-state index is 13.0. The molecule has 7 nitrogen and oxygen atoms in total. The molecule has 1 N–H and O–H groups in total. The summed E-state index contributed by atoms with van der Waals surface area (Å²) in [5, 5.41) is 12.4. The van der Waals surface area contributed by atoms with Gasteiger partial charge in [-0.25, -0.2) is 4.68 Å². The molecule has 0 fully saturated rings.